The lowest BCUT2D eigenvalue weighted by molar-refractivity contribution is -0.152. The number of nitrogens with one attached hydrogen (secondary N) is 1. The number of aryl methyl sites for hydroxylation is 1. The molecule has 2 aromatic carbocycles. The summed E-state index contributed by atoms with van der Waals surface area (Å²) in [5.74, 6) is -2.39. The number of carbonyl (C=O) groups excluding carboxylic acids is 4. The molecule has 0 unspecified atom stereocenters. The Balaban J connectivity index is 1.55. The fraction of sp³-hybridized carbons (Fsp3) is 0.273. The summed E-state index contributed by atoms with van der Waals surface area (Å²) in [5.41, 5.74) is 1.86. The van der Waals surface area contributed by atoms with Gasteiger partial charge in [0, 0.05) is 18.5 Å². The molecule has 0 radical (unpaired) electrons. The molecule has 0 bridgehead atoms. The minimum atomic E-state index is -0.737. The minimum Gasteiger partial charge on any atom is -0.495 e. The Labute approximate surface area is 173 Å². The molecular weight excluding hydrogens is 388 g/mol. The number of hydrogen-bond acceptors (Lipinski definition) is 6. The molecule has 30 heavy (non-hydrogen) atoms. The van der Waals surface area contributed by atoms with Crippen molar-refractivity contribution in [2.75, 3.05) is 25.2 Å². The zero-order valence-corrected chi connectivity index (χ0v) is 16.7. The van der Waals surface area contributed by atoms with Gasteiger partial charge in [0.2, 0.25) is 5.91 Å². The highest BCUT2D eigenvalue weighted by molar-refractivity contribution is 6.05. The third-order valence-corrected chi connectivity index (χ3v) is 4.72. The van der Waals surface area contributed by atoms with Crippen LogP contribution in [-0.4, -0.2) is 44.0 Å². The van der Waals surface area contributed by atoms with E-state index in [9.17, 15) is 19.2 Å². The Bertz CT molecular complexity index is 973. The molecule has 3 amide bonds. The van der Waals surface area contributed by atoms with Gasteiger partial charge in [0.15, 0.2) is 6.61 Å². The molecule has 1 saturated heterocycles. The van der Waals surface area contributed by atoms with E-state index in [1.165, 1.54) is 12.0 Å². The number of anilines is 1. The van der Waals surface area contributed by atoms with Crippen LogP contribution in [-0.2, 0) is 19.1 Å². The molecule has 8 nitrogen and oxygen atoms in total. The summed E-state index contributed by atoms with van der Waals surface area (Å²) < 4.78 is 10.3. The van der Waals surface area contributed by atoms with E-state index in [0.29, 0.717) is 17.0 Å². The van der Waals surface area contributed by atoms with Gasteiger partial charge in [0.05, 0.1) is 18.7 Å². The molecular formula is C22H22N2O6. The second kappa shape index (κ2) is 9.21. The number of rotatable bonds is 6. The van der Waals surface area contributed by atoms with E-state index in [-0.39, 0.29) is 18.9 Å². The molecule has 0 saturated carbocycles. The number of benzene rings is 2. The van der Waals surface area contributed by atoms with Crippen molar-refractivity contribution in [1.29, 1.82) is 0 Å². The van der Waals surface area contributed by atoms with Gasteiger partial charge in [0.25, 0.3) is 11.8 Å². The summed E-state index contributed by atoms with van der Waals surface area (Å²) in [5, 5.41) is 2.16. The van der Waals surface area contributed by atoms with Gasteiger partial charge in [-0.2, -0.15) is 0 Å². The second-order valence-corrected chi connectivity index (χ2v) is 6.93. The van der Waals surface area contributed by atoms with Gasteiger partial charge in [-0.1, -0.05) is 24.3 Å². The molecule has 156 valence electrons. The molecule has 1 aliphatic rings. The van der Waals surface area contributed by atoms with Crippen molar-refractivity contribution in [2.45, 2.75) is 13.3 Å². The quantitative estimate of drug-likeness (QED) is 0.730. The maximum atomic E-state index is 12.4. The smallest absolute Gasteiger partial charge is 0.311 e. The highest BCUT2D eigenvalue weighted by Gasteiger charge is 2.37. The van der Waals surface area contributed by atoms with Crippen LogP contribution in [0.4, 0.5) is 5.69 Å². The molecule has 1 atom stereocenters. The minimum absolute atomic E-state index is 0.0273. The van der Waals surface area contributed by atoms with E-state index in [1.807, 2.05) is 19.1 Å². The SMILES string of the molecule is COc1ccc(C)cc1N1C[C@@H](C(=O)OCC(=O)NC(=O)c2ccccc2)CC1=O. The van der Waals surface area contributed by atoms with Crippen LogP contribution in [0, 0.1) is 12.8 Å². The van der Waals surface area contributed by atoms with Crippen LogP contribution in [0.3, 0.4) is 0 Å². The molecule has 0 aromatic heterocycles. The van der Waals surface area contributed by atoms with Gasteiger partial charge in [-0.3, -0.25) is 24.5 Å². The molecule has 2 aromatic rings. The Hall–Kier alpha value is -3.68. The van der Waals surface area contributed by atoms with E-state index >= 15 is 0 Å². The zero-order chi connectivity index (χ0) is 21.7. The van der Waals surface area contributed by atoms with Crippen LogP contribution < -0.4 is 15.0 Å². The van der Waals surface area contributed by atoms with Gasteiger partial charge < -0.3 is 14.4 Å². The zero-order valence-electron chi connectivity index (χ0n) is 16.7. The summed E-state index contributed by atoms with van der Waals surface area (Å²) in [7, 11) is 1.51. The average molecular weight is 410 g/mol. The van der Waals surface area contributed by atoms with Gasteiger partial charge in [-0.25, -0.2) is 0 Å². The molecule has 1 heterocycles. The first kappa shape index (κ1) is 21.0. The third kappa shape index (κ3) is 4.83. The van der Waals surface area contributed by atoms with Crippen LogP contribution >= 0.6 is 0 Å². The molecule has 3 rings (SSSR count). The summed E-state index contributed by atoms with van der Waals surface area (Å²) in [6.07, 6.45) is -0.0273. The molecule has 0 aliphatic carbocycles. The Morgan fingerprint density at radius 1 is 1.13 bits per heavy atom. The number of ether oxygens (including phenoxy) is 2. The van der Waals surface area contributed by atoms with Crippen LogP contribution in [0.15, 0.2) is 48.5 Å². The number of esters is 1. The van der Waals surface area contributed by atoms with Crippen molar-refractivity contribution >= 4 is 29.4 Å². The van der Waals surface area contributed by atoms with Crippen molar-refractivity contribution in [3.05, 3.63) is 59.7 Å². The summed E-state index contributed by atoms with van der Waals surface area (Å²) in [4.78, 5) is 50.1. The van der Waals surface area contributed by atoms with Gasteiger partial charge >= 0.3 is 5.97 Å². The lowest BCUT2D eigenvalue weighted by Crippen LogP contribution is -2.35. The predicted molar refractivity (Wildman–Crippen MR) is 108 cm³/mol. The van der Waals surface area contributed by atoms with Crippen LogP contribution in [0.25, 0.3) is 0 Å². The molecule has 8 heteroatoms. The van der Waals surface area contributed by atoms with E-state index in [4.69, 9.17) is 9.47 Å². The molecule has 1 fully saturated rings. The van der Waals surface area contributed by atoms with Gasteiger partial charge in [-0.05, 0) is 36.8 Å². The Kier molecular flexibility index (Phi) is 6.46. The largest absolute Gasteiger partial charge is 0.495 e. The van der Waals surface area contributed by atoms with Crippen molar-refractivity contribution in [3.8, 4) is 5.75 Å². The number of amides is 3. The Morgan fingerprint density at radius 2 is 1.87 bits per heavy atom. The number of nitrogens with zero attached hydrogens (tertiary/aromatic N) is 1. The summed E-state index contributed by atoms with van der Waals surface area (Å²) >= 11 is 0. The fourth-order valence-corrected chi connectivity index (χ4v) is 3.19. The number of methoxy groups -OCH3 is 1. The lowest BCUT2D eigenvalue weighted by Gasteiger charge is -2.20. The Morgan fingerprint density at radius 3 is 2.57 bits per heavy atom. The summed E-state index contributed by atoms with van der Waals surface area (Å²) in [6, 6.07) is 13.7. The van der Waals surface area contributed by atoms with Crippen LogP contribution in [0.1, 0.15) is 22.3 Å². The van der Waals surface area contributed by atoms with Crippen LogP contribution in [0.2, 0.25) is 0 Å². The highest BCUT2D eigenvalue weighted by atomic mass is 16.5. The third-order valence-electron chi connectivity index (χ3n) is 4.72. The maximum Gasteiger partial charge on any atom is 0.311 e. The van der Waals surface area contributed by atoms with E-state index in [0.717, 1.165) is 5.56 Å². The monoisotopic (exact) mass is 410 g/mol. The highest BCUT2D eigenvalue weighted by Crippen LogP contribution is 2.34. The van der Waals surface area contributed by atoms with E-state index < -0.39 is 30.3 Å². The number of hydrogen-bond donors (Lipinski definition) is 1. The van der Waals surface area contributed by atoms with Crippen LogP contribution in [0.5, 0.6) is 5.75 Å². The average Bonchev–Trinajstić information content (AvgIpc) is 3.14. The van der Waals surface area contributed by atoms with Crippen molar-refractivity contribution in [2.24, 2.45) is 5.92 Å². The second-order valence-electron chi connectivity index (χ2n) is 6.93. The summed E-state index contributed by atoms with van der Waals surface area (Å²) in [6.45, 7) is 1.42. The standard InChI is InChI=1S/C22H22N2O6/c1-14-8-9-18(29-2)17(10-14)24-12-16(11-20(24)26)22(28)30-13-19(25)23-21(27)15-6-4-3-5-7-15/h3-10,16H,11-13H2,1-2H3,(H,23,25,27)/t16-/m0/s1. The first-order valence-corrected chi connectivity index (χ1v) is 9.40. The van der Waals surface area contributed by atoms with E-state index in [1.54, 1.807) is 36.4 Å². The topological polar surface area (TPSA) is 102 Å². The van der Waals surface area contributed by atoms with Crippen molar-refractivity contribution in [3.63, 3.8) is 0 Å². The first-order valence-electron chi connectivity index (χ1n) is 9.40. The van der Waals surface area contributed by atoms with Gasteiger partial charge in [-0.15, -0.1) is 0 Å². The molecule has 1 N–H and O–H groups in total. The lowest BCUT2D eigenvalue weighted by atomic mass is 10.1. The number of carbonyl (C=O) groups is 4. The normalized spacial score (nSPS) is 15.6. The maximum absolute atomic E-state index is 12.4. The molecule has 1 aliphatic heterocycles. The number of imide groups is 1. The molecule has 0 spiro atoms. The first-order chi connectivity index (χ1) is 14.4. The van der Waals surface area contributed by atoms with Crippen molar-refractivity contribution < 1.29 is 28.7 Å². The van der Waals surface area contributed by atoms with Gasteiger partial charge in [0.1, 0.15) is 5.75 Å². The fourth-order valence-electron chi connectivity index (χ4n) is 3.19. The van der Waals surface area contributed by atoms with Crippen molar-refractivity contribution in [1.82, 2.24) is 5.32 Å². The van der Waals surface area contributed by atoms with E-state index in [2.05, 4.69) is 5.32 Å². The predicted octanol–water partition coefficient (Wildman–Crippen LogP) is 1.86.